The van der Waals surface area contributed by atoms with Crippen LogP contribution < -0.4 is 0 Å². The molecule has 1 unspecified atom stereocenters. The minimum atomic E-state index is -3.18. The molecule has 16 heavy (non-hydrogen) atoms. The molecule has 1 aliphatic heterocycles. The van der Waals surface area contributed by atoms with E-state index in [1.165, 1.54) is 9.21 Å². The average Bonchev–Trinajstić information content (AvgIpc) is 2.64. The quantitative estimate of drug-likeness (QED) is 0.702. The van der Waals surface area contributed by atoms with Crippen molar-refractivity contribution in [1.82, 2.24) is 9.21 Å². The molecule has 1 radical (unpaired) electrons. The predicted molar refractivity (Wildman–Crippen MR) is 59.3 cm³/mol. The number of hydrogen-bond donors (Lipinski definition) is 0. The van der Waals surface area contributed by atoms with Crippen molar-refractivity contribution in [3.8, 4) is 0 Å². The maximum Gasteiger partial charge on any atom is 0.409 e. The number of rotatable bonds is 3. The van der Waals surface area contributed by atoms with Crippen LogP contribution in [0.4, 0.5) is 4.79 Å². The monoisotopic (exact) mass is 249 g/mol. The molecule has 0 N–H and O–H groups in total. The molecule has 1 amide bonds. The van der Waals surface area contributed by atoms with Gasteiger partial charge in [0.25, 0.3) is 0 Å². The first-order valence-corrected chi connectivity index (χ1v) is 6.85. The molecule has 0 aromatic rings. The van der Waals surface area contributed by atoms with Crippen LogP contribution >= 0.6 is 0 Å². The molecule has 0 bridgehead atoms. The number of carbonyl (C=O) groups excluding carboxylic acids is 1. The summed E-state index contributed by atoms with van der Waals surface area (Å²) < 4.78 is 28.9. The Bertz CT molecular complexity index is 355. The lowest BCUT2D eigenvalue weighted by atomic mass is 10.3. The fourth-order valence-electron chi connectivity index (χ4n) is 1.42. The highest BCUT2D eigenvalue weighted by molar-refractivity contribution is 7.88. The Morgan fingerprint density at radius 2 is 2.25 bits per heavy atom. The Kier molecular flexibility index (Phi) is 4.15. The first-order chi connectivity index (χ1) is 7.34. The number of nitrogens with zero attached hydrogens (tertiary/aromatic N) is 2. The van der Waals surface area contributed by atoms with Crippen molar-refractivity contribution in [2.24, 2.45) is 0 Å². The van der Waals surface area contributed by atoms with Gasteiger partial charge in [-0.05, 0) is 13.3 Å². The van der Waals surface area contributed by atoms with E-state index in [0.29, 0.717) is 19.5 Å². The zero-order chi connectivity index (χ0) is 12.3. The van der Waals surface area contributed by atoms with Gasteiger partial charge in [-0.3, -0.25) is 0 Å². The summed E-state index contributed by atoms with van der Waals surface area (Å²) in [6.07, 6.45) is 0.884. The summed E-state index contributed by atoms with van der Waals surface area (Å²) in [6.45, 7) is 4.53. The van der Waals surface area contributed by atoms with E-state index in [2.05, 4.69) is 6.92 Å². The van der Waals surface area contributed by atoms with E-state index in [9.17, 15) is 13.2 Å². The van der Waals surface area contributed by atoms with E-state index in [1.54, 1.807) is 7.05 Å². The predicted octanol–water partition coefficient (Wildman–Crippen LogP) is -0.0772. The van der Waals surface area contributed by atoms with Crippen molar-refractivity contribution in [2.75, 3.05) is 32.9 Å². The van der Waals surface area contributed by atoms with Crippen molar-refractivity contribution >= 4 is 16.1 Å². The van der Waals surface area contributed by atoms with Gasteiger partial charge in [-0.2, -0.15) is 4.31 Å². The Morgan fingerprint density at radius 1 is 1.62 bits per heavy atom. The van der Waals surface area contributed by atoms with E-state index >= 15 is 0 Å². The van der Waals surface area contributed by atoms with E-state index in [0.717, 1.165) is 6.26 Å². The molecule has 1 heterocycles. The minimum absolute atomic E-state index is 0.246. The third-order valence-electron chi connectivity index (χ3n) is 2.49. The van der Waals surface area contributed by atoms with E-state index in [1.807, 2.05) is 0 Å². The summed E-state index contributed by atoms with van der Waals surface area (Å²) in [6, 6.07) is 0. The van der Waals surface area contributed by atoms with E-state index < -0.39 is 16.1 Å². The van der Waals surface area contributed by atoms with Crippen LogP contribution in [0.25, 0.3) is 0 Å². The molecule has 0 aromatic heterocycles. The highest BCUT2D eigenvalue weighted by Crippen LogP contribution is 2.16. The van der Waals surface area contributed by atoms with Gasteiger partial charge in [-0.25, -0.2) is 13.2 Å². The summed E-state index contributed by atoms with van der Waals surface area (Å²) in [5.74, 6) is 0. The van der Waals surface area contributed by atoms with Crippen molar-refractivity contribution in [1.29, 1.82) is 0 Å². The van der Waals surface area contributed by atoms with Gasteiger partial charge < -0.3 is 9.64 Å². The first-order valence-electron chi connectivity index (χ1n) is 5.00. The number of amides is 1. The van der Waals surface area contributed by atoms with Gasteiger partial charge in [0.15, 0.2) is 0 Å². The van der Waals surface area contributed by atoms with Crippen molar-refractivity contribution < 1.29 is 17.9 Å². The smallest absolute Gasteiger partial charge is 0.409 e. The molecule has 6 nitrogen and oxygen atoms in total. The number of hydrogen-bond acceptors (Lipinski definition) is 4. The van der Waals surface area contributed by atoms with Crippen LogP contribution in [-0.4, -0.2) is 62.8 Å². The second-order valence-electron chi connectivity index (χ2n) is 3.84. The lowest BCUT2D eigenvalue weighted by Crippen LogP contribution is -2.33. The second-order valence-corrected chi connectivity index (χ2v) is 5.82. The van der Waals surface area contributed by atoms with Crippen LogP contribution in [-0.2, 0) is 14.8 Å². The van der Waals surface area contributed by atoms with Crippen molar-refractivity contribution in [3.63, 3.8) is 0 Å². The van der Waals surface area contributed by atoms with Crippen molar-refractivity contribution in [2.45, 2.75) is 12.5 Å². The zero-order valence-electron chi connectivity index (χ0n) is 9.55. The molecule has 0 saturated carbocycles. The van der Waals surface area contributed by atoms with Crippen LogP contribution in [0.3, 0.4) is 0 Å². The summed E-state index contributed by atoms with van der Waals surface area (Å²) >= 11 is 0. The second kappa shape index (κ2) is 5.01. The van der Waals surface area contributed by atoms with Crippen molar-refractivity contribution in [3.05, 3.63) is 6.92 Å². The zero-order valence-corrected chi connectivity index (χ0v) is 10.4. The summed E-state index contributed by atoms with van der Waals surface area (Å²) in [4.78, 5) is 12.7. The van der Waals surface area contributed by atoms with Gasteiger partial charge >= 0.3 is 6.09 Å². The maximum atomic E-state index is 11.4. The fourth-order valence-corrected chi connectivity index (χ4v) is 2.29. The first kappa shape index (κ1) is 13.2. The van der Waals surface area contributed by atoms with Gasteiger partial charge in [-0.15, -0.1) is 0 Å². The lowest BCUT2D eigenvalue weighted by Gasteiger charge is -2.18. The molecule has 1 atom stereocenters. The van der Waals surface area contributed by atoms with Crippen LogP contribution in [0.5, 0.6) is 0 Å². The summed E-state index contributed by atoms with van der Waals surface area (Å²) in [7, 11) is -1.60. The largest absolute Gasteiger partial charge is 0.445 e. The average molecular weight is 249 g/mol. The van der Waals surface area contributed by atoms with Gasteiger partial charge in [0.1, 0.15) is 6.10 Å². The molecule has 1 fully saturated rings. The molecule has 0 aliphatic carbocycles. The Hall–Kier alpha value is -0.820. The Labute approximate surface area is 96.2 Å². The molecule has 0 aromatic carbocycles. The van der Waals surface area contributed by atoms with Crippen LogP contribution in [0.2, 0.25) is 0 Å². The maximum absolute atomic E-state index is 11.4. The van der Waals surface area contributed by atoms with Crippen LogP contribution in [0.15, 0.2) is 0 Å². The third-order valence-corrected chi connectivity index (χ3v) is 3.76. The van der Waals surface area contributed by atoms with Gasteiger partial charge in [0.2, 0.25) is 10.0 Å². The SMILES string of the molecule is [CH2]CN(C)C(=O)OC1CCN(S(C)(=O)=O)C1. The standard InChI is InChI=1S/C9H17N2O4S/c1-4-10(2)9(12)15-8-5-6-11(7-8)16(3,13)14/h8H,1,4-7H2,2-3H3. The van der Waals surface area contributed by atoms with Gasteiger partial charge in [0, 0.05) is 20.1 Å². The molecular formula is C9H17N2O4S. The molecule has 1 rings (SSSR count). The number of sulfonamides is 1. The van der Waals surface area contributed by atoms with Crippen LogP contribution in [0.1, 0.15) is 6.42 Å². The topological polar surface area (TPSA) is 66.9 Å². The number of ether oxygens (including phenoxy) is 1. The summed E-state index contributed by atoms with van der Waals surface area (Å²) in [5, 5.41) is 0. The molecule has 0 spiro atoms. The molecule has 1 aliphatic rings. The van der Waals surface area contributed by atoms with E-state index in [-0.39, 0.29) is 12.6 Å². The summed E-state index contributed by atoms with van der Waals surface area (Å²) in [5.41, 5.74) is 0. The molecular weight excluding hydrogens is 232 g/mol. The van der Waals surface area contributed by atoms with Crippen LogP contribution in [0, 0.1) is 6.92 Å². The van der Waals surface area contributed by atoms with E-state index in [4.69, 9.17) is 4.74 Å². The normalized spacial score (nSPS) is 22.1. The third kappa shape index (κ3) is 3.34. The lowest BCUT2D eigenvalue weighted by molar-refractivity contribution is 0.0776. The molecule has 1 saturated heterocycles. The fraction of sp³-hybridized carbons (Fsp3) is 0.778. The van der Waals surface area contributed by atoms with Gasteiger partial charge in [0.05, 0.1) is 12.8 Å². The minimum Gasteiger partial charge on any atom is -0.445 e. The van der Waals surface area contributed by atoms with Gasteiger partial charge in [-0.1, -0.05) is 0 Å². The Morgan fingerprint density at radius 3 is 2.69 bits per heavy atom. The molecule has 93 valence electrons. The highest BCUT2D eigenvalue weighted by atomic mass is 32.2. The highest BCUT2D eigenvalue weighted by Gasteiger charge is 2.31. The molecule has 7 heteroatoms. The Balaban J connectivity index is 2.46. The number of carbonyl (C=O) groups is 1.